The predicted molar refractivity (Wildman–Crippen MR) is 63.8 cm³/mol. The van der Waals surface area contributed by atoms with Crippen LogP contribution in [0.15, 0.2) is 28.7 Å². The summed E-state index contributed by atoms with van der Waals surface area (Å²) in [4.78, 5) is 0. The Balaban J connectivity index is 2.24. The normalized spacial score (nSPS) is 12.4. The van der Waals surface area contributed by atoms with Crippen molar-refractivity contribution in [1.82, 2.24) is 15.5 Å². The number of rotatable bonds is 4. The third-order valence-corrected chi connectivity index (χ3v) is 2.58. The molecule has 0 fully saturated rings. The van der Waals surface area contributed by atoms with E-state index in [-0.39, 0.29) is 6.04 Å². The number of hydrogen-bond donors (Lipinski definition) is 1. The maximum atomic E-state index is 5.57. The first kappa shape index (κ1) is 11.6. The number of benzene rings is 1. The fourth-order valence-corrected chi connectivity index (χ4v) is 1.38. The molecule has 1 atom stereocenters. The van der Waals surface area contributed by atoms with Crippen molar-refractivity contribution in [3.63, 3.8) is 0 Å². The molecule has 0 amide bonds. The molecule has 2 rings (SSSR count). The molecule has 5 nitrogen and oxygen atoms in total. The highest BCUT2D eigenvalue weighted by molar-refractivity contribution is 5.53. The van der Waals surface area contributed by atoms with Gasteiger partial charge in [0.25, 0.3) is 0 Å². The lowest BCUT2D eigenvalue weighted by Crippen LogP contribution is -2.12. The van der Waals surface area contributed by atoms with Crippen LogP contribution in [0.3, 0.4) is 0 Å². The summed E-state index contributed by atoms with van der Waals surface area (Å²) in [6, 6.07) is 7.55. The smallest absolute Gasteiger partial charge is 0.247 e. The van der Waals surface area contributed by atoms with Crippen molar-refractivity contribution >= 4 is 0 Å². The van der Waals surface area contributed by atoms with Crippen LogP contribution < -0.4 is 10.1 Å². The minimum atomic E-state index is 0.0505. The number of ether oxygens (including phenoxy) is 1. The molecule has 5 heteroatoms. The van der Waals surface area contributed by atoms with Crippen molar-refractivity contribution in [3.05, 3.63) is 30.2 Å². The lowest BCUT2D eigenvalue weighted by atomic mass is 10.2. The SMILES string of the molecule is CNC(C)c1nnc(-c2ccc(OC)cc2)o1. The van der Waals surface area contributed by atoms with Gasteiger partial charge in [-0.25, -0.2) is 0 Å². The average Bonchev–Trinajstić information content (AvgIpc) is 2.87. The van der Waals surface area contributed by atoms with Crippen LogP contribution in [0.5, 0.6) is 5.75 Å². The number of nitrogens with one attached hydrogen (secondary N) is 1. The van der Waals surface area contributed by atoms with Gasteiger partial charge in [0.2, 0.25) is 11.8 Å². The van der Waals surface area contributed by atoms with E-state index < -0.39 is 0 Å². The van der Waals surface area contributed by atoms with E-state index in [0.717, 1.165) is 11.3 Å². The van der Waals surface area contributed by atoms with Gasteiger partial charge in [-0.3, -0.25) is 0 Å². The van der Waals surface area contributed by atoms with Crippen LogP contribution in [-0.4, -0.2) is 24.4 Å². The molecule has 1 aromatic heterocycles. The Morgan fingerprint density at radius 1 is 1.24 bits per heavy atom. The van der Waals surface area contributed by atoms with Gasteiger partial charge < -0.3 is 14.5 Å². The Morgan fingerprint density at radius 2 is 1.94 bits per heavy atom. The second kappa shape index (κ2) is 4.97. The highest BCUT2D eigenvalue weighted by Crippen LogP contribution is 2.22. The molecule has 1 heterocycles. The van der Waals surface area contributed by atoms with Crippen molar-refractivity contribution in [3.8, 4) is 17.2 Å². The first-order valence-corrected chi connectivity index (χ1v) is 5.39. The van der Waals surface area contributed by atoms with Gasteiger partial charge >= 0.3 is 0 Å². The molecule has 1 N–H and O–H groups in total. The van der Waals surface area contributed by atoms with Crippen LogP contribution >= 0.6 is 0 Å². The number of aromatic nitrogens is 2. The Bertz CT molecular complexity index is 479. The second-order valence-corrected chi connectivity index (χ2v) is 3.68. The van der Waals surface area contributed by atoms with Gasteiger partial charge in [-0.2, -0.15) is 0 Å². The fraction of sp³-hybridized carbons (Fsp3) is 0.333. The first-order valence-electron chi connectivity index (χ1n) is 5.39. The number of methoxy groups -OCH3 is 1. The summed E-state index contributed by atoms with van der Waals surface area (Å²) in [6.07, 6.45) is 0. The molecule has 0 aliphatic heterocycles. The van der Waals surface area contributed by atoms with E-state index in [9.17, 15) is 0 Å². The molecule has 0 saturated carbocycles. The van der Waals surface area contributed by atoms with E-state index in [0.29, 0.717) is 11.8 Å². The largest absolute Gasteiger partial charge is 0.497 e. The van der Waals surface area contributed by atoms with Gasteiger partial charge in [-0.05, 0) is 38.2 Å². The maximum absolute atomic E-state index is 5.57. The summed E-state index contributed by atoms with van der Waals surface area (Å²) in [5, 5.41) is 11.1. The Kier molecular flexibility index (Phi) is 3.39. The highest BCUT2D eigenvalue weighted by atomic mass is 16.5. The summed E-state index contributed by atoms with van der Waals surface area (Å²) in [5.74, 6) is 1.90. The topological polar surface area (TPSA) is 60.2 Å². The molecule has 0 spiro atoms. The number of nitrogens with zero attached hydrogens (tertiary/aromatic N) is 2. The van der Waals surface area contributed by atoms with Gasteiger partial charge in [-0.15, -0.1) is 10.2 Å². The zero-order chi connectivity index (χ0) is 12.3. The molecule has 0 bridgehead atoms. The monoisotopic (exact) mass is 233 g/mol. The van der Waals surface area contributed by atoms with Crippen molar-refractivity contribution in [2.45, 2.75) is 13.0 Å². The minimum absolute atomic E-state index is 0.0505. The van der Waals surface area contributed by atoms with Crippen LogP contribution in [0.2, 0.25) is 0 Å². The van der Waals surface area contributed by atoms with E-state index in [1.54, 1.807) is 7.11 Å². The Labute approximate surface area is 99.8 Å². The Morgan fingerprint density at radius 3 is 2.53 bits per heavy atom. The molecule has 2 aromatic rings. The molecule has 1 unspecified atom stereocenters. The van der Waals surface area contributed by atoms with Crippen molar-refractivity contribution in [1.29, 1.82) is 0 Å². The first-order chi connectivity index (χ1) is 8.24. The van der Waals surface area contributed by atoms with Crippen molar-refractivity contribution in [2.75, 3.05) is 14.2 Å². The average molecular weight is 233 g/mol. The van der Waals surface area contributed by atoms with Gasteiger partial charge in [0, 0.05) is 5.56 Å². The van der Waals surface area contributed by atoms with Crippen LogP contribution in [0.4, 0.5) is 0 Å². The molecule has 90 valence electrons. The van der Waals surface area contributed by atoms with Crippen LogP contribution in [-0.2, 0) is 0 Å². The van der Waals surface area contributed by atoms with Gasteiger partial charge in [-0.1, -0.05) is 0 Å². The molecule has 0 radical (unpaired) electrons. The lowest BCUT2D eigenvalue weighted by Gasteiger charge is -2.02. The van der Waals surface area contributed by atoms with E-state index >= 15 is 0 Å². The Hall–Kier alpha value is -1.88. The summed E-state index contributed by atoms with van der Waals surface area (Å²) in [6.45, 7) is 1.96. The lowest BCUT2D eigenvalue weighted by molar-refractivity contribution is 0.414. The fourth-order valence-electron chi connectivity index (χ4n) is 1.38. The summed E-state index contributed by atoms with van der Waals surface area (Å²) in [7, 11) is 3.48. The predicted octanol–water partition coefficient (Wildman–Crippen LogP) is 2.03. The van der Waals surface area contributed by atoms with Gasteiger partial charge in [0.1, 0.15) is 5.75 Å². The zero-order valence-electron chi connectivity index (χ0n) is 10.1. The molecule has 0 aliphatic rings. The van der Waals surface area contributed by atoms with Crippen LogP contribution in [0.1, 0.15) is 18.9 Å². The molecular weight excluding hydrogens is 218 g/mol. The van der Waals surface area contributed by atoms with E-state index in [4.69, 9.17) is 9.15 Å². The van der Waals surface area contributed by atoms with E-state index in [2.05, 4.69) is 15.5 Å². The van der Waals surface area contributed by atoms with Crippen LogP contribution in [0.25, 0.3) is 11.5 Å². The molecule has 0 aliphatic carbocycles. The van der Waals surface area contributed by atoms with Crippen molar-refractivity contribution < 1.29 is 9.15 Å². The van der Waals surface area contributed by atoms with Crippen LogP contribution in [0, 0.1) is 0 Å². The minimum Gasteiger partial charge on any atom is -0.497 e. The second-order valence-electron chi connectivity index (χ2n) is 3.68. The molecule has 17 heavy (non-hydrogen) atoms. The number of hydrogen-bond acceptors (Lipinski definition) is 5. The quantitative estimate of drug-likeness (QED) is 0.875. The summed E-state index contributed by atoms with van der Waals surface area (Å²) >= 11 is 0. The van der Waals surface area contributed by atoms with Gasteiger partial charge in [0.05, 0.1) is 13.2 Å². The third-order valence-electron chi connectivity index (χ3n) is 2.58. The molecule has 0 saturated heterocycles. The van der Waals surface area contributed by atoms with E-state index in [1.165, 1.54) is 0 Å². The maximum Gasteiger partial charge on any atom is 0.247 e. The van der Waals surface area contributed by atoms with Crippen molar-refractivity contribution in [2.24, 2.45) is 0 Å². The summed E-state index contributed by atoms with van der Waals surface area (Å²) in [5.41, 5.74) is 0.882. The molecular formula is C12H15N3O2. The standard InChI is InChI=1S/C12H15N3O2/c1-8(13-2)11-14-15-12(17-11)9-4-6-10(16-3)7-5-9/h4-8,13H,1-3H3. The zero-order valence-corrected chi connectivity index (χ0v) is 10.1. The summed E-state index contributed by atoms with van der Waals surface area (Å²) < 4.78 is 10.7. The highest BCUT2D eigenvalue weighted by Gasteiger charge is 2.12. The van der Waals surface area contributed by atoms with Gasteiger partial charge in [0.15, 0.2) is 0 Å². The van der Waals surface area contributed by atoms with E-state index in [1.807, 2.05) is 38.2 Å². The third kappa shape index (κ3) is 2.45. The molecule has 1 aromatic carbocycles.